The summed E-state index contributed by atoms with van der Waals surface area (Å²) in [5.74, 6) is 3.42. The number of carbonyl (C=O) groups is 1. The van der Waals surface area contributed by atoms with Gasteiger partial charge in [-0.2, -0.15) is 0 Å². The average molecular weight is 517 g/mol. The Morgan fingerprint density at radius 3 is 2.46 bits per heavy atom. The molecule has 1 amide bonds. The molecule has 1 aromatic carbocycles. The molecule has 0 radical (unpaired) electrons. The van der Waals surface area contributed by atoms with Crippen molar-refractivity contribution in [3.63, 3.8) is 0 Å². The van der Waals surface area contributed by atoms with Gasteiger partial charge in [0.1, 0.15) is 17.5 Å². The van der Waals surface area contributed by atoms with Gasteiger partial charge in [-0.1, -0.05) is 44.5 Å². The van der Waals surface area contributed by atoms with Crippen LogP contribution in [0.3, 0.4) is 0 Å². The summed E-state index contributed by atoms with van der Waals surface area (Å²) < 4.78 is 17.5. The molecule has 0 aliphatic carbocycles. The molecule has 0 aliphatic rings. The molecule has 0 saturated heterocycles. The van der Waals surface area contributed by atoms with Crippen LogP contribution in [-0.2, 0) is 15.8 Å². The van der Waals surface area contributed by atoms with Gasteiger partial charge in [-0.05, 0) is 60.8 Å². The number of hydrogen-bond donors (Lipinski definition) is 1. The van der Waals surface area contributed by atoms with Crippen LogP contribution in [0.2, 0.25) is 23.3 Å². The highest BCUT2D eigenvalue weighted by Crippen LogP contribution is 2.41. The fraction of sp³-hybridized carbons (Fsp3) is 0.481. The van der Waals surface area contributed by atoms with Crippen molar-refractivity contribution in [1.29, 1.82) is 0 Å². The summed E-state index contributed by atoms with van der Waals surface area (Å²) in [4.78, 5) is 17.2. The second-order valence-corrected chi connectivity index (χ2v) is 15.2. The minimum Gasteiger partial charge on any atom is -0.497 e. The lowest BCUT2D eigenvalue weighted by atomic mass is 9.99. The summed E-state index contributed by atoms with van der Waals surface area (Å²) in [5.41, 5.74) is 2.53. The van der Waals surface area contributed by atoms with Crippen LogP contribution >= 0.6 is 11.6 Å². The molecule has 35 heavy (non-hydrogen) atoms. The molecule has 8 heteroatoms. The molecule has 1 aromatic heterocycles. The van der Waals surface area contributed by atoms with Gasteiger partial charge in [0, 0.05) is 18.2 Å². The number of rotatable bonds is 10. The highest BCUT2D eigenvalue weighted by atomic mass is 35.5. The molecule has 1 N–H and O–H groups in total. The zero-order valence-corrected chi connectivity index (χ0v) is 23.5. The topological polar surface area (TPSA) is 69.7 Å². The van der Waals surface area contributed by atoms with Gasteiger partial charge >= 0.3 is 6.09 Å². The minimum atomic E-state index is -2.23. The van der Waals surface area contributed by atoms with Crippen molar-refractivity contribution in [3.8, 4) is 18.1 Å². The Morgan fingerprint density at radius 2 is 1.91 bits per heavy atom. The van der Waals surface area contributed by atoms with E-state index in [1.807, 2.05) is 37.3 Å². The molecule has 0 fully saturated rings. The summed E-state index contributed by atoms with van der Waals surface area (Å²) in [5, 5.41) is 3.41. The number of alkyl carbamates (subject to hydrolysis) is 1. The van der Waals surface area contributed by atoms with E-state index >= 15 is 0 Å². The van der Waals surface area contributed by atoms with Crippen LogP contribution in [-0.4, -0.2) is 32.5 Å². The number of halogens is 1. The second kappa shape index (κ2) is 12.4. The van der Waals surface area contributed by atoms with Crippen LogP contribution in [0.25, 0.3) is 0 Å². The van der Waals surface area contributed by atoms with Crippen LogP contribution in [0.15, 0.2) is 36.5 Å². The third kappa shape index (κ3) is 8.27. The first-order chi connectivity index (χ1) is 16.4. The number of pyridine rings is 1. The molecule has 0 spiro atoms. The molecule has 190 valence electrons. The van der Waals surface area contributed by atoms with Crippen LogP contribution in [0.1, 0.15) is 56.4 Å². The number of aryl methyl sites for hydroxylation is 1. The lowest BCUT2D eigenvalue weighted by molar-refractivity contribution is 0.104. The quantitative estimate of drug-likeness (QED) is 0.213. The number of carbonyl (C=O) groups excluding carboxylic acids is 1. The molecule has 0 bridgehead atoms. The highest BCUT2D eigenvalue weighted by Gasteiger charge is 2.41. The van der Waals surface area contributed by atoms with Gasteiger partial charge in [-0.15, -0.1) is 12.3 Å². The van der Waals surface area contributed by atoms with E-state index in [1.165, 1.54) is 0 Å². The first-order valence-electron chi connectivity index (χ1n) is 11.7. The number of ether oxygens (including phenoxy) is 2. The second-order valence-electron chi connectivity index (χ2n) is 10.1. The standard InChI is InChI=1S/C27H37ClN2O4Si/c1-9-10-11-23(30-26(31)33-18-20-12-14-22(32-6)15-13-20)24(34-35(7,8)27(3,4)5)21-16-19(2)25(28)29-17-21/h1,12-17,23-24H,10-11,18H2,2-8H3,(H,30,31)/t23-,24?/m1/s1. The molecular formula is C27H37ClN2O4Si. The van der Waals surface area contributed by atoms with Crippen LogP contribution in [0.4, 0.5) is 4.79 Å². The monoisotopic (exact) mass is 516 g/mol. The number of nitrogens with zero attached hydrogens (tertiary/aromatic N) is 1. The van der Waals surface area contributed by atoms with Crippen LogP contribution in [0.5, 0.6) is 5.75 Å². The Bertz CT molecular complexity index is 1030. The predicted molar refractivity (Wildman–Crippen MR) is 143 cm³/mol. The summed E-state index contributed by atoms with van der Waals surface area (Å²) in [7, 11) is -0.625. The lowest BCUT2D eigenvalue weighted by Gasteiger charge is -2.41. The van der Waals surface area contributed by atoms with Gasteiger partial charge in [0.05, 0.1) is 19.3 Å². The normalized spacial score (nSPS) is 13.5. The zero-order chi connectivity index (χ0) is 26.2. The number of nitrogens with one attached hydrogen (secondary N) is 1. The maximum atomic E-state index is 12.8. The van der Waals surface area contributed by atoms with Gasteiger partial charge in [-0.25, -0.2) is 9.78 Å². The molecule has 2 aromatic rings. The molecule has 2 rings (SSSR count). The van der Waals surface area contributed by atoms with Crippen molar-refractivity contribution in [1.82, 2.24) is 10.3 Å². The molecule has 1 unspecified atom stereocenters. The molecule has 0 aliphatic heterocycles. The first-order valence-corrected chi connectivity index (χ1v) is 15.0. The summed E-state index contributed by atoms with van der Waals surface area (Å²) >= 11 is 6.19. The molecular weight excluding hydrogens is 480 g/mol. The van der Waals surface area contributed by atoms with Crippen molar-refractivity contribution in [2.24, 2.45) is 0 Å². The lowest BCUT2D eigenvalue weighted by Crippen LogP contribution is -2.48. The first kappa shape index (κ1) is 28.7. The SMILES string of the molecule is C#CCC[C@@H](NC(=O)OCc1ccc(OC)cc1)C(O[Si](C)(C)C(C)(C)C)c1cnc(Cl)c(C)c1. The van der Waals surface area contributed by atoms with Gasteiger partial charge in [0.25, 0.3) is 0 Å². The van der Waals surface area contributed by atoms with Crippen molar-refractivity contribution < 1.29 is 18.7 Å². The van der Waals surface area contributed by atoms with Gasteiger partial charge in [0.2, 0.25) is 0 Å². The van der Waals surface area contributed by atoms with E-state index in [-0.39, 0.29) is 11.6 Å². The maximum absolute atomic E-state index is 12.8. The molecule has 1 heterocycles. The van der Waals surface area contributed by atoms with E-state index < -0.39 is 26.6 Å². The van der Waals surface area contributed by atoms with E-state index in [9.17, 15) is 4.79 Å². The number of benzene rings is 1. The number of terminal acetylenes is 1. The number of hydrogen-bond acceptors (Lipinski definition) is 5. The molecule has 2 atom stereocenters. The smallest absolute Gasteiger partial charge is 0.407 e. The fourth-order valence-corrected chi connectivity index (χ4v) is 4.61. The predicted octanol–water partition coefficient (Wildman–Crippen LogP) is 6.82. The van der Waals surface area contributed by atoms with E-state index in [0.717, 1.165) is 22.4 Å². The zero-order valence-electron chi connectivity index (χ0n) is 21.8. The summed E-state index contributed by atoms with van der Waals surface area (Å²) in [6, 6.07) is 8.91. The molecule has 0 saturated carbocycles. The Hall–Kier alpha value is -2.53. The van der Waals surface area contributed by atoms with Crippen molar-refractivity contribution >= 4 is 26.0 Å². The fourth-order valence-electron chi connectivity index (χ4n) is 3.21. The van der Waals surface area contributed by atoms with Crippen LogP contribution < -0.4 is 10.1 Å². The Kier molecular flexibility index (Phi) is 10.2. The summed E-state index contributed by atoms with van der Waals surface area (Å²) in [6.45, 7) is 12.9. The van der Waals surface area contributed by atoms with E-state index in [2.05, 4.69) is 50.1 Å². The van der Waals surface area contributed by atoms with E-state index in [1.54, 1.807) is 13.3 Å². The van der Waals surface area contributed by atoms with Crippen molar-refractivity contribution in [2.75, 3.05) is 7.11 Å². The van der Waals surface area contributed by atoms with E-state index in [0.29, 0.717) is 18.0 Å². The molecule has 6 nitrogen and oxygen atoms in total. The van der Waals surface area contributed by atoms with Crippen molar-refractivity contribution in [2.45, 2.75) is 77.4 Å². The average Bonchev–Trinajstić information content (AvgIpc) is 2.80. The Labute approximate surface area is 215 Å². The highest BCUT2D eigenvalue weighted by molar-refractivity contribution is 6.74. The summed E-state index contributed by atoms with van der Waals surface area (Å²) in [6.07, 6.45) is 7.29. The van der Waals surface area contributed by atoms with Crippen LogP contribution in [0, 0.1) is 19.3 Å². The third-order valence-electron chi connectivity index (χ3n) is 6.39. The van der Waals surface area contributed by atoms with E-state index in [4.69, 9.17) is 31.9 Å². The third-order valence-corrected chi connectivity index (χ3v) is 11.2. The number of aromatic nitrogens is 1. The largest absolute Gasteiger partial charge is 0.497 e. The van der Waals surface area contributed by atoms with Gasteiger partial charge < -0.3 is 19.2 Å². The van der Waals surface area contributed by atoms with Crippen molar-refractivity contribution in [3.05, 3.63) is 58.4 Å². The minimum absolute atomic E-state index is 0.0360. The Balaban J connectivity index is 2.29. The van der Waals surface area contributed by atoms with Gasteiger partial charge in [-0.3, -0.25) is 0 Å². The van der Waals surface area contributed by atoms with Gasteiger partial charge in [0.15, 0.2) is 8.32 Å². The maximum Gasteiger partial charge on any atom is 0.407 e. The number of methoxy groups -OCH3 is 1. The Morgan fingerprint density at radius 1 is 1.26 bits per heavy atom. The number of amides is 1.